The Hall–Kier alpha value is -1.20. The number of rotatable bonds is 5. The lowest BCUT2D eigenvalue weighted by molar-refractivity contribution is 0.185. The Morgan fingerprint density at radius 1 is 1.13 bits per heavy atom. The molecule has 1 aromatic heterocycles. The van der Waals surface area contributed by atoms with Crippen molar-refractivity contribution in [1.82, 2.24) is 14.9 Å². The highest BCUT2D eigenvalue weighted by Gasteiger charge is 2.24. The van der Waals surface area contributed by atoms with Crippen molar-refractivity contribution in [3.05, 3.63) is 17.6 Å². The molecule has 2 saturated heterocycles. The van der Waals surface area contributed by atoms with Gasteiger partial charge in [0.05, 0.1) is 0 Å². The third kappa shape index (κ3) is 4.64. The van der Waals surface area contributed by atoms with E-state index in [1.54, 1.807) is 0 Å². The second-order valence-corrected chi connectivity index (χ2v) is 7.12. The number of nitrogens with two attached hydrogens (primary N) is 1. The van der Waals surface area contributed by atoms with Crippen molar-refractivity contribution in [2.45, 2.75) is 45.4 Å². The van der Waals surface area contributed by atoms with Gasteiger partial charge in [-0.2, -0.15) is 0 Å². The topological polar surface area (TPSA) is 58.3 Å². The standard InChI is InChI=1S/C18H31N5/c1-15-20-17(7-8-19)12-18(21-15)23-11-5-6-16(14-23)13-22-9-3-2-4-10-22/h12,16H,2-11,13-14,19H2,1H3. The SMILES string of the molecule is Cc1nc(CCN)cc(N2CCCC(CN3CCCCC3)C2)n1. The van der Waals surface area contributed by atoms with Crippen LogP contribution in [0.1, 0.15) is 43.6 Å². The molecule has 2 fully saturated rings. The van der Waals surface area contributed by atoms with E-state index >= 15 is 0 Å². The Morgan fingerprint density at radius 2 is 1.96 bits per heavy atom. The molecule has 0 bridgehead atoms. The monoisotopic (exact) mass is 317 g/mol. The van der Waals surface area contributed by atoms with Gasteiger partial charge in [0, 0.05) is 37.8 Å². The smallest absolute Gasteiger partial charge is 0.132 e. The first-order valence-corrected chi connectivity index (χ1v) is 9.26. The first-order valence-electron chi connectivity index (χ1n) is 9.26. The lowest BCUT2D eigenvalue weighted by Crippen LogP contribution is -2.42. The number of aryl methyl sites for hydroxylation is 1. The highest BCUT2D eigenvalue weighted by Crippen LogP contribution is 2.24. The zero-order chi connectivity index (χ0) is 16.1. The number of hydrogen-bond donors (Lipinski definition) is 1. The van der Waals surface area contributed by atoms with Gasteiger partial charge >= 0.3 is 0 Å². The molecular weight excluding hydrogens is 286 g/mol. The predicted molar refractivity (Wildman–Crippen MR) is 94.8 cm³/mol. The molecule has 2 aliphatic heterocycles. The van der Waals surface area contributed by atoms with Crippen molar-refractivity contribution in [2.24, 2.45) is 11.7 Å². The molecule has 0 aromatic carbocycles. The normalized spacial score (nSPS) is 23.2. The van der Waals surface area contributed by atoms with Gasteiger partial charge < -0.3 is 15.5 Å². The van der Waals surface area contributed by atoms with Crippen LogP contribution in [-0.2, 0) is 6.42 Å². The number of anilines is 1. The predicted octanol–water partition coefficient (Wildman–Crippen LogP) is 1.99. The van der Waals surface area contributed by atoms with E-state index in [4.69, 9.17) is 5.73 Å². The summed E-state index contributed by atoms with van der Waals surface area (Å²) in [5, 5.41) is 0. The second-order valence-electron chi connectivity index (χ2n) is 7.12. The van der Waals surface area contributed by atoms with Crippen LogP contribution in [0, 0.1) is 12.8 Å². The molecular formula is C18H31N5. The fourth-order valence-corrected chi connectivity index (χ4v) is 3.98. The van der Waals surface area contributed by atoms with E-state index in [1.807, 2.05) is 6.92 Å². The van der Waals surface area contributed by atoms with Gasteiger partial charge in [-0.3, -0.25) is 0 Å². The third-order valence-corrected chi connectivity index (χ3v) is 5.09. The number of hydrogen-bond acceptors (Lipinski definition) is 5. The summed E-state index contributed by atoms with van der Waals surface area (Å²) in [6.07, 6.45) is 7.63. The first-order chi connectivity index (χ1) is 11.2. The zero-order valence-corrected chi connectivity index (χ0v) is 14.5. The van der Waals surface area contributed by atoms with Crippen molar-refractivity contribution in [3.63, 3.8) is 0 Å². The summed E-state index contributed by atoms with van der Waals surface area (Å²) in [5.41, 5.74) is 6.76. The maximum Gasteiger partial charge on any atom is 0.132 e. The molecule has 0 radical (unpaired) electrons. The van der Waals surface area contributed by atoms with E-state index in [1.165, 1.54) is 51.7 Å². The van der Waals surface area contributed by atoms with Gasteiger partial charge in [0.1, 0.15) is 11.6 Å². The third-order valence-electron chi connectivity index (χ3n) is 5.09. The van der Waals surface area contributed by atoms with Gasteiger partial charge in [-0.05, 0) is 58.2 Å². The van der Waals surface area contributed by atoms with E-state index in [0.717, 1.165) is 42.8 Å². The minimum atomic E-state index is 0.646. The van der Waals surface area contributed by atoms with Gasteiger partial charge in [0.2, 0.25) is 0 Å². The molecule has 0 amide bonds. The molecule has 128 valence electrons. The Kier molecular flexibility index (Phi) is 5.84. The van der Waals surface area contributed by atoms with Crippen molar-refractivity contribution in [3.8, 4) is 0 Å². The summed E-state index contributed by atoms with van der Waals surface area (Å²) in [5.74, 6) is 2.74. The molecule has 23 heavy (non-hydrogen) atoms. The number of likely N-dealkylation sites (tertiary alicyclic amines) is 1. The van der Waals surface area contributed by atoms with Gasteiger partial charge in [0.25, 0.3) is 0 Å². The highest BCUT2D eigenvalue weighted by atomic mass is 15.2. The van der Waals surface area contributed by atoms with Crippen LogP contribution in [-0.4, -0.2) is 54.1 Å². The summed E-state index contributed by atoms with van der Waals surface area (Å²) in [7, 11) is 0. The van der Waals surface area contributed by atoms with Crippen molar-refractivity contribution in [1.29, 1.82) is 0 Å². The number of aromatic nitrogens is 2. The molecule has 3 rings (SSSR count). The summed E-state index contributed by atoms with van der Waals surface area (Å²) < 4.78 is 0. The van der Waals surface area contributed by atoms with E-state index < -0.39 is 0 Å². The van der Waals surface area contributed by atoms with Crippen LogP contribution in [0.4, 0.5) is 5.82 Å². The summed E-state index contributed by atoms with van der Waals surface area (Å²) in [6, 6.07) is 2.14. The first kappa shape index (κ1) is 16.7. The van der Waals surface area contributed by atoms with E-state index in [9.17, 15) is 0 Å². The Labute approximate surface area is 140 Å². The van der Waals surface area contributed by atoms with Crippen LogP contribution >= 0.6 is 0 Å². The van der Waals surface area contributed by atoms with Crippen LogP contribution in [0.3, 0.4) is 0 Å². The Bertz CT molecular complexity index is 498. The van der Waals surface area contributed by atoms with Gasteiger partial charge in [-0.1, -0.05) is 6.42 Å². The van der Waals surface area contributed by atoms with Gasteiger partial charge in [-0.15, -0.1) is 0 Å². The van der Waals surface area contributed by atoms with Crippen LogP contribution in [0.15, 0.2) is 6.07 Å². The van der Waals surface area contributed by atoms with E-state index in [-0.39, 0.29) is 0 Å². The molecule has 1 unspecified atom stereocenters. The van der Waals surface area contributed by atoms with Crippen molar-refractivity contribution in [2.75, 3.05) is 44.2 Å². The molecule has 1 atom stereocenters. The van der Waals surface area contributed by atoms with E-state index in [2.05, 4.69) is 25.8 Å². The van der Waals surface area contributed by atoms with Crippen molar-refractivity contribution < 1.29 is 0 Å². The molecule has 2 aliphatic rings. The molecule has 5 heteroatoms. The van der Waals surface area contributed by atoms with Crippen LogP contribution in [0.2, 0.25) is 0 Å². The molecule has 1 aromatic rings. The molecule has 3 heterocycles. The minimum absolute atomic E-state index is 0.646. The molecule has 0 spiro atoms. The largest absolute Gasteiger partial charge is 0.356 e. The fraction of sp³-hybridized carbons (Fsp3) is 0.778. The van der Waals surface area contributed by atoms with Crippen molar-refractivity contribution >= 4 is 5.82 Å². The summed E-state index contributed by atoms with van der Waals surface area (Å²) >= 11 is 0. The molecule has 0 aliphatic carbocycles. The van der Waals surface area contributed by atoms with Crippen LogP contribution in [0.25, 0.3) is 0 Å². The molecule has 0 saturated carbocycles. The maximum absolute atomic E-state index is 5.69. The van der Waals surface area contributed by atoms with Crippen LogP contribution < -0.4 is 10.6 Å². The molecule has 5 nitrogen and oxygen atoms in total. The number of nitrogens with zero attached hydrogens (tertiary/aromatic N) is 4. The Morgan fingerprint density at radius 3 is 2.74 bits per heavy atom. The zero-order valence-electron chi connectivity index (χ0n) is 14.5. The quantitative estimate of drug-likeness (QED) is 0.900. The van der Waals surface area contributed by atoms with Crippen LogP contribution in [0.5, 0.6) is 0 Å². The van der Waals surface area contributed by atoms with Gasteiger partial charge in [-0.25, -0.2) is 9.97 Å². The lowest BCUT2D eigenvalue weighted by Gasteiger charge is -2.37. The number of piperidine rings is 2. The summed E-state index contributed by atoms with van der Waals surface area (Å²) in [4.78, 5) is 14.3. The fourth-order valence-electron chi connectivity index (χ4n) is 3.98. The minimum Gasteiger partial charge on any atom is -0.356 e. The maximum atomic E-state index is 5.69. The lowest BCUT2D eigenvalue weighted by atomic mass is 9.96. The highest BCUT2D eigenvalue weighted by molar-refractivity contribution is 5.40. The van der Waals surface area contributed by atoms with Gasteiger partial charge in [0.15, 0.2) is 0 Å². The Balaban J connectivity index is 1.63. The molecule has 2 N–H and O–H groups in total. The summed E-state index contributed by atoms with van der Waals surface area (Å²) in [6.45, 7) is 8.74. The average molecular weight is 317 g/mol. The van der Waals surface area contributed by atoms with E-state index in [0.29, 0.717) is 6.54 Å². The second kappa shape index (κ2) is 8.06. The average Bonchev–Trinajstić information content (AvgIpc) is 2.56.